The number of ether oxygens (including phenoxy) is 1. The third kappa shape index (κ3) is 5.58. The van der Waals surface area contributed by atoms with Gasteiger partial charge in [0.25, 0.3) is 0 Å². The molecule has 0 radical (unpaired) electrons. The molecule has 1 heterocycles. The Balaban J connectivity index is 1.92. The molecular formula is C17H21FN4O. The summed E-state index contributed by atoms with van der Waals surface area (Å²) in [5.41, 5.74) is 0.989. The van der Waals surface area contributed by atoms with Crippen LogP contribution in [0.4, 0.5) is 4.39 Å². The molecule has 0 atom stereocenters. The first-order valence-corrected chi connectivity index (χ1v) is 7.42. The topological polar surface area (TPSA) is 58.5 Å². The Morgan fingerprint density at radius 2 is 2.13 bits per heavy atom. The predicted octanol–water partition coefficient (Wildman–Crippen LogP) is 3.09. The minimum absolute atomic E-state index is 0.307. The Bertz CT molecular complexity index is 656. The van der Waals surface area contributed by atoms with Crippen LogP contribution in [0.5, 0.6) is 11.6 Å². The number of halogens is 1. The number of rotatable bonds is 5. The van der Waals surface area contributed by atoms with Gasteiger partial charge in [-0.1, -0.05) is 12.1 Å². The predicted molar refractivity (Wildman–Crippen MR) is 89.2 cm³/mol. The van der Waals surface area contributed by atoms with Crippen molar-refractivity contribution in [2.45, 2.75) is 26.4 Å². The molecule has 0 saturated carbocycles. The minimum Gasteiger partial charge on any atom is -0.439 e. The molecule has 0 aliphatic carbocycles. The van der Waals surface area contributed by atoms with Gasteiger partial charge in [0.05, 0.1) is 0 Å². The molecule has 1 aromatic heterocycles. The Morgan fingerprint density at radius 1 is 1.30 bits per heavy atom. The maximum absolute atomic E-state index is 13.1. The first kappa shape index (κ1) is 16.7. The lowest BCUT2D eigenvalue weighted by molar-refractivity contribution is 0.457. The van der Waals surface area contributed by atoms with Crippen LogP contribution in [0.25, 0.3) is 0 Å². The molecule has 6 heteroatoms. The molecule has 122 valence electrons. The smallest absolute Gasteiger partial charge is 0.219 e. The van der Waals surface area contributed by atoms with Crippen LogP contribution < -0.4 is 15.4 Å². The third-order valence-corrected chi connectivity index (χ3v) is 2.93. The van der Waals surface area contributed by atoms with Crippen molar-refractivity contribution in [1.82, 2.24) is 15.6 Å². The van der Waals surface area contributed by atoms with Crippen LogP contribution in [0.3, 0.4) is 0 Å². The van der Waals surface area contributed by atoms with Crippen molar-refractivity contribution in [2.24, 2.45) is 4.99 Å². The van der Waals surface area contributed by atoms with Gasteiger partial charge in [-0.15, -0.1) is 0 Å². The summed E-state index contributed by atoms with van der Waals surface area (Å²) >= 11 is 0. The van der Waals surface area contributed by atoms with Crippen LogP contribution in [0.15, 0.2) is 47.6 Å². The number of nitrogens with zero attached hydrogens (tertiary/aromatic N) is 2. The molecule has 0 aliphatic rings. The lowest BCUT2D eigenvalue weighted by Gasteiger charge is -2.14. The van der Waals surface area contributed by atoms with E-state index in [4.69, 9.17) is 4.74 Å². The quantitative estimate of drug-likeness (QED) is 0.657. The van der Waals surface area contributed by atoms with Gasteiger partial charge < -0.3 is 15.4 Å². The van der Waals surface area contributed by atoms with Crippen LogP contribution in [-0.2, 0) is 6.54 Å². The number of benzene rings is 1. The van der Waals surface area contributed by atoms with Gasteiger partial charge in [0, 0.05) is 38.0 Å². The molecule has 5 nitrogen and oxygen atoms in total. The summed E-state index contributed by atoms with van der Waals surface area (Å²) in [6, 6.07) is 9.92. The molecule has 2 N–H and O–H groups in total. The van der Waals surface area contributed by atoms with Crippen molar-refractivity contribution in [3.05, 3.63) is 54.0 Å². The fourth-order valence-electron chi connectivity index (χ4n) is 1.88. The van der Waals surface area contributed by atoms with Gasteiger partial charge in [0.2, 0.25) is 5.88 Å². The highest BCUT2D eigenvalue weighted by molar-refractivity contribution is 5.79. The first-order valence-electron chi connectivity index (χ1n) is 7.42. The average molecular weight is 316 g/mol. The molecule has 0 saturated heterocycles. The highest BCUT2D eigenvalue weighted by atomic mass is 19.1. The number of nitrogens with one attached hydrogen (secondary N) is 2. The van der Waals surface area contributed by atoms with Gasteiger partial charge >= 0.3 is 0 Å². The van der Waals surface area contributed by atoms with Crippen molar-refractivity contribution >= 4 is 5.96 Å². The molecular weight excluding hydrogens is 295 g/mol. The second-order valence-electron chi connectivity index (χ2n) is 5.29. The monoisotopic (exact) mass is 316 g/mol. The Labute approximate surface area is 135 Å². The first-order chi connectivity index (χ1) is 11.1. The Kier molecular flexibility index (Phi) is 5.91. The van der Waals surface area contributed by atoms with E-state index in [2.05, 4.69) is 20.6 Å². The van der Waals surface area contributed by atoms with Gasteiger partial charge in [0.1, 0.15) is 11.6 Å². The zero-order chi connectivity index (χ0) is 16.7. The largest absolute Gasteiger partial charge is 0.439 e. The van der Waals surface area contributed by atoms with Crippen molar-refractivity contribution in [1.29, 1.82) is 0 Å². The number of aliphatic imine (C=N–C) groups is 1. The maximum atomic E-state index is 13.1. The van der Waals surface area contributed by atoms with Gasteiger partial charge in [-0.25, -0.2) is 9.37 Å². The molecule has 0 spiro atoms. The zero-order valence-electron chi connectivity index (χ0n) is 13.5. The van der Waals surface area contributed by atoms with Crippen LogP contribution in [0.2, 0.25) is 0 Å². The van der Waals surface area contributed by atoms with Crippen molar-refractivity contribution in [2.75, 3.05) is 7.05 Å². The third-order valence-electron chi connectivity index (χ3n) is 2.93. The summed E-state index contributed by atoms with van der Waals surface area (Å²) in [6.07, 6.45) is 1.71. The van der Waals surface area contributed by atoms with Crippen molar-refractivity contribution in [3.63, 3.8) is 0 Å². The minimum atomic E-state index is -0.340. The molecule has 0 aliphatic heterocycles. The summed E-state index contributed by atoms with van der Waals surface area (Å²) in [7, 11) is 1.73. The van der Waals surface area contributed by atoms with E-state index in [1.54, 1.807) is 31.4 Å². The summed E-state index contributed by atoms with van der Waals surface area (Å²) in [5, 5.41) is 6.41. The molecule has 0 bridgehead atoms. The van der Waals surface area contributed by atoms with E-state index in [1.807, 2.05) is 19.9 Å². The van der Waals surface area contributed by atoms with E-state index >= 15 is 0 Å². The highest BCUT2D eigenvalue weighted by Crippen LogP contribution is 2.19. The second kappa shape index (κ2) is 8.12. The molecule has 0 amide bonds. The maximum Gasteiger partial charge on any atom is 0.219 e. The van der Waals surface area contributed by atoms with E-state index in [0.717, 1.165) is 11.5 Å². The normalized spacial score (nSPS) is 11.4. The number of aromatic nitrogens is 1. The van der Waals surface area contributed by atoms with Crippen LogP contribution in [0, 0.1) is 5.82 Å². The van der Waals surface area contributed by atoms with E-state index in [9.17, 15) is 4.39 Å². The van der Waals surface area contributed by atoms with E-state index in [0.29, 0.717) is 24.2 Å². The molecule has 0 fully saturated rings. The Morgan fingerprint density at radius 3 is 2.74 bits per heavy atom. The molecule has 2 aromatic rings. The van der Waals surface area contributed by atoms with E-state index in [1.165, 1.54) is 12.1 Å². The van der Waals surface area contributed by atoms with E-state index in [-0.39, 0.29) is 5.82 Å². The number of hydrogen-bond donors (Lipinski definition) is 2. The molecule has 23 heavy (non-hydrogen) atoms. The summed E-state index contributed by atoms with van der Waals surface area (Å²) in [6.45, 7) is 4.69. The van der Waals surface area contributed by atoms with E-state index < -0.39 is 0 Å². The number of pyridine rings is 1. The summed E-state index contributed by atoms with van der Waals surface area (Å²) < 4.78 is 18.6. The average Bonchev–Trinajstić information content (AvgIpc) is 2.52. The van der Waals surface area contributed by atoms with Crippen molar-refractivity contribution < 1.29 is 9.13 Å². The zero-order valence-corrected chi connectivity index (χ0v) is 13.5. The number of guanidine groups is 1. The van der Waals surface area contributed by atoms with Crippen LogP contribution in [-0.4, -0.2) is 24.0 Å². The SMILES string of the molecule is CN=C(NCc1ccc(Oc2cccc(F)c2)nc1)NC(C)C. The van der Waals surface area contributed by atoms with Gasteiger partial charge in [-0.05, 0) is 31.5 Å². The van der Waals surface area contributed by atoms with Crippen molar-refractivity contribution in [3.8, 4) is 11.6 Å². The van der Waals surface area contributed by atoms with Gasteiger partial charge in [-0.2, -0.15) is 0 Å². The summed E-state index contributed by atoms with van der Waals surface area (Å²) in [4.78, 5) is 8.36. The molecule has 2 rings (SSSR count). The fourth-order valence-corrected chi connectivity index (χ4v) is 1.88. The van der Waals surface area contributed by atoms with Gasteiger partial charge in [-0.3, -0.25) is 4.99 Å². The van der Waals surface area contributed by atoms with Crippen LogP contribution >= 0.6 is 0 Å². The number of hydrogen-bond acceptors (Lipinski definition) is 3. The highest BCUT2D eigenvalue weighted by Gasteiger charge is 2.03. The summed E-state index contributed by atoms with van der Waals surface area (Å²) in [5.74, 6) is 1.24. The van der Waals surface area contributed by atoms with Gasteiger partial charge in [0.15, 0.2) is 5.96 Å². The molecule has 1 aromatic carbocycles. The standard InChI is InChI=1S/C17H21FN4O/c1-12(2)22-17(19-3)21-11-13-7-8-16(20-10-13)23-15-6-4-5-14(18)9-15/h4-10,12H,11H2,1-3H3,(H2,19,21,22). The fraction of sp³-hybridized carbons (Fsp3) is 0.294. The Hall–Kier alpha value is -2.63. The lowest BCUT2D eigenvalue weighted by atomic mass is 10.3. The molecule has 0 unspecified atom stereocenters. The lowest BCUT2D eigenvalue weighted by Crippen LogP contribution is -2.40. The van der Waals surface area contributed by atoms with Crippen LogP contribution in [0.1, 0.15) is 19.4 Å². The second-order valence-corrected chi connectivity index (χ2v) is 5.29.